The van der Waals surface area contributed by atoms with Gasteiger partial charge in [0.25, 0.3) is 15.9 Å². The number of halogens is 1. The van der Waals surface area contributed by atoms with Crippen molar-refractivity contribution in [1.29, 1.82) is 5.26 Å². The maximum absolute atomic E-state index is 14.6. The Labute approximate surface area is 232 Å². The minimum Gasteiger partial charge on any atom is -0.496 e. The van der Waals surface area contributed by atoms with Gasteiger partial charge in [0.05, 0.1) is 35.4 Å². The maximum atomic E-state index is 14.6. The molecule has 0 aromatic heterocycles. The second-order valence-electron chi connectivity index (χ2n) is 9.31. The van der Waals surface area contributed by atoms with Crippen molar-refractivity contribution in [2.24, 2.45) is 0 Å². The van der Waals surface area contributed by atoms with E-state index in [1.54, 1.807) is 45.3 Å². The van der Waals surface area contributed by atoms with E-state index < -0.39 is 27.4 Å². The van der Waals surface area contributed by atoms with Crippen LogP contribution in [0.5, 0.6) is 5.75 Å². The molecule has 3 aromatic rings. The van der Waals surface area contributed by atoms with Crippen molar-refractivity contribution in [3.8, 4) is 11.8 Å². The summed E-state index contributed by atoms with van der Waals surface area (Å²) in [7, 11) is 0.279. The summed E-state index contributed by atoms with van der Waals surface area (Å²) in [6.45, 7) is 1.51. The van der Waals surface area contributed by atoms with Gasteiger partial charge < -0.3 is 15.0 Å². The van der Waals surface area contributed by atoms with Gasteiger partial charge in [-0.3, -0.25) is 9.59 Å². The number of ether oxygens (including phenoxy) is 1. The molecule has 202 valence electrons. The largest absolute Gasteiger partial charge is 0.496 e. The number of amides is 2. The predicted molar refractivity (Wildman–Crippen MR) is 147 cm³/mol. The fourth-order valence-corrected chi connectivity index (χ4v) is 6.39. The highest BCUT2D eigenvalue weighted by atomic mass is 35.5. The molecule has 0 fully saturated rings. The first-order valence-electron chi connectivity index (χ1n) is 12.0. The van der Waals surface area contributed by atoms with E-state index in [4.69, 9.17) is 16.3 Å². The van der Waals surface area contributed by atoms with Gasteiger partial charge in [-0.1, -0.05) is 29.8 Å². The van der Waals surface area contributed by atoms with E-state index >= 15 is 0 Å². The van der Waals surface area contributed by atoms with Gasteiger partial charge in [0.2, 0.25) is 5.91 Å². The molecule has 4 rings (SSSR count). The Morgan fingerprint density at radius 1 is 1.13 bits per heavy atom. The number of carbonyl (C=O) groups excluding carboxylic acids is 2. The monoisotopic (exact) mass is 566 g/mol. The van der Waals surface area contributed by atoms with Gasteiger partial charge in [-0.2, -0.15) is 5.26 Å². The fourth-order valence-electron chi connectivity index (χ4n) is 4.78. The number of carbonyl (C=O) groups is 2. The smallest absolute Gasteiger partial charge is 0.270 e. The summed E-state index contributed by atoms with van der Waals surface area (Å²) < 4.78 is 34.3. The first kappa shape index (κ1) is 28.1. The molecule has 2 atom stereocenters. The first-order valence-corrected chi connectivity index (χ1v) is 13.8. The van der Waals surface area contributed by atoms with Gasteiger partial charge in [-0.25, -0.2) is 12.7 Å². The van der Waals surface area contributed by atoms with Gasteiger partial charge in [-0.15, -0.1) is 0 Å². The summed E-state index contributed by atoms with van der Waals surface area (Å²) in [6.07, 6.45) is 0. The number of sulfonamides is 1. The third-order valence-electron chi connectivity index (χ3n) is 6.76. The van der Waals surface area contributed by atoms with E-state index in [-0.39, 0.29) is 28.6 Å². The highest BCUT2D eigenvalue weighted by Gasteiger charge is 2.57. The zero-order chi connectivity index (χ0) is 28.5. The number of fused-ring (bicyclic) bond motifs is 1. The zero-order valence-corrected chi connectivity index (χ0v) is 23.4. The van der Waals surface area contributed by atoms with Crippen LogP contribution in [0.3, 0.4) is 0 Å². The number of para-hydroxylation sites is 1. The lowest BCUT2D eigenvalue weighted by atomic mass is 9.74. The minimum absolute atomic E-state index is 0.105. The Bertz CT molecular complexity index is 1580. The molecular formula is C28H27ClN4O5S. The van der Waals surface area contributed by atoms with Gasteiger partial charge in [0, 0.05) is 31.2 Å². The van der Waals surface area contributed by atoms with Crippen LogP contribution in [0, 0.1) is 11.3 Å². The average molecular weight is 567 g/mol. The highest BCUT2D eigenvalue weighted by Crippen LogP contribution is 2.50. The van der Waals surface area contributed by atoms with E-state index in [9.17, 15) is 23.3 Å². The Morgan fingerprint density at radius 3 is 2.41 bits per heavy atom. The zero-order valence-electron chi connectivity index (χ0n) is 21.8. The second-order valence-corrected chi connectivity index (χ2v) is 11.5. The van der Waals surface area contributed by atoms with Crippen molar-refractivity contribution in [3.05, 3.63) is 88.4 Å². The van der Waals surface area contributed by atoms with E-state index in [0.717, 1.165) is 4.31 Å². The number of nitriles is 1. The van der Waals surface area contributed by atoms with E-state index in [2.05, 4.69) is 11.4 Å². The SMILES string of the molecule is COc1ccccc1C1(CNC(C)C(=O)N(C)C)C(=O)N(S(=O)(=O)c2ccc(Cl)cc2)c2ccc(C#N)cc21. The molecule has 0 saturated carbocycles. The number of rotatable bonds is 8. The summed E-state index contributed by atoms with van der Waals surface area (Å²) in [4.78, 5) is 28.6. The van der Waals surface area contributed by atoms with E-state index in [1.807, 2.05) is 0 Å². The van der Waals surface area contributed by atoms with Gasteiger partial charge in [-0.05, 0) is 61.0 Å². The molecule has 1 N–H and O–H groups in total. The van der Waals surface area contributed by atoms with E-state index in [0.29, 0.717) is 21.9 Å². The molecule has 1 heterocycles. The number of hydrogen-bond acceptors (Lipinski definition) is 7. The number of methoxy groups -OCH3 is 1. The van der Waals surface area contributed by atoms with Gasteiger partial charge in [0.15, 0.2) is 0 Å². The third kappa shape index (κ3) is 4.74. The highest BCUT2D eigenvalue weighted by molar-refractivity contribution is 7.93. The van der Waals surface area contributed by atoms with Crippen LogP contribution in [-0.2, 0) is 25.0 Å². The molecule has 11 heteroatoms. The molecule has 0 radical (unpaired) electrons. The Morgan fingerprint density at radius 2 is 1.79 bits per heavy atom. The third-order valence-corrected chi connectivity index (χ3v) is 8.72. The molecular weight excluding hydrogens is 540 g/mol. The van der Waals surface area contributed by atoms with Crippen molar-refractivity contribution >= 4 is 39.1 Å². The standard InChI is InChI=1S/C28H27ClN4O5S/c1-18(26(34)32(2)3)31-17-28(22-7-5-6-8-25(22)38-4)23-15-19(16-30)9-14-24(23)33(27(28)35)39(36,37)21-12-10-20(29)11-13-21/h5-15,18,31H,17H2,1-4H3. The molecule has 0 bridgehead atoms. The number of anilines is 1. The van der Waals surface area contributed by atoms with Crippen molar-refractivity contribution in [2.75, 3.05) is 32.1 Å². The van der Waals surface area contributed by atoms with Crippen LogP contribution in [0.2, 0.25) is 5.02 Å². The number of hydrogen-bond donors (Lipinski definition) is 1. The molecule has 9 nitrogen and oxygen atoms in total. The summed E-state index contributed by atoms with van der Waals surface area (Å²) in [5.74, 6) is -0.658. The lowest BCUT2D eigenvalue weighted by Crippen LogP contribution is -2.53. The van der Waals surface area contributed by atoms with Crippen molar-refractivity contribution in [2.45, 2.75) is 23.3 Å². The van der Waals surface area contributed by atoms with Crippen molar-refractivity contribution in [1.82, 2.24) is 10.2 Å². The molecule has 39 heavy (non-hydrogen) atoms. The molecule has 1 aliphatic rings. The summed E-state index contributed by atoms with van der Waals surface area (Å²) in [5.41, 5.74) is -0.628. The quantitative estimate of drug-likeness (QED) is 0.444. The molecule has 3 aromatic carbocycles. The van der Waals surface area contributed by atoms with Gasteiger partial charge >= 0.3 is 0 Å². The topological polar surface area (TPSA) is 120 Å². The van der Waals surface area contributed by atoms with Crippen molar-refractivity contribution < 1.29 is 22.7 Å². The maximum Gasteiger partial charge on any atom is 0.270 e. The second kappa shape index (κ2) is 10.7. The summed E-state index contributed by atoms with van der Waals surface area (Å²) in [5, 5.41) is 13.2. The summed E-state index contributed by atoms with van der Waals surface area (Å²) >= 11 is 5.98. The predicted octanol–water partition coefficient (Wildman–Crippen LogP) is 3.31. The lowest BCUT2D eigenvalue weighted by molar-refractivity contribution is -0.131. The Hall–Kier alpha value is -3.91. The number of likely N-dealkylation sites (N-methyl/N-ethyl adjacent to an activating group) is 1. The molecule has 0 spiro atoms. The van der Waals surface area contributed by atoms with Crippen LogP contribution in [0.15, 0.2) is 71.6 Å². The molecule has 1 aliphatic heterocycles. The Balaban J connectivity index is 2.00. The fraction of sp³-hybridized carbons (Fsp3) is 0.250. The molecule has 0 saturated heterocycles. The summed E-state index contributed by atoms with van der Waals surface area (Å²) in [6, 6.07) is 18.1. The van der Waals surface area contributed by atoms with Gasteiger partial charge in [0.1, 0.15) is 11.2 Å². The first-order chi connectivity index (χ1) is 18.5. The van der Waals surface area contributed by atoms with Crippen LogP contribution in [0.1, 0.15) is 23.6 Å². The molecule has 2 unspecified atom stereocenters. The molecule has 2 amide bonds. The van der Waals surface area contributed by atoms with Crippen LogP contribution >= 0.6 is 11.6 Å². The lowest BCUT2D eigenvalue weighted by Gasteiger charge is -2.32. The average Bonchev–Trinajstić information content (AvgIpc) is 3.19. The number of nitrogens with zero attached hydrogens (tertiary/aromatic N) is 3. The number of benzene rings is 3. The van der Waals surface area contributed by atoms with Crippen LogP contribution in [-0.4, -0.2) is 58.9 Å². The Kier molecular flexibility index (Phi) is 7.70. The minimum atomic E-state index is -4.41. The van der Waals surface area contributed by atoms with Crippen LogP contribution < -0.4 is 14.4 Å². The van der Waals surface area contributed by atoms with Crippen molar-refractivity contribution in [3.63, 3.8) is 0 Å². The van der Waals surface area contributed by atoms with E-state index in [1.165, 1.54) is 54.5 Å². The van der Waals surface area contributed by atoms with Crippen LogP contribution in [0.4, 0.5) is 5.69 Å². The van der Waals surface area contributed by atoms with Crippen LogP contribution in [0.25, 0.3) is 0 Å². The number of nitrogens with one attached hydrogen (secondary N) is 1. The molecule has 0 aliphatic carbocycles. The normalized spacial score (nSPS) is 17.3.